The van der Waals surface area contributed by atoms with Crippen molar-refractivity contribution >= 4 is 11.5 Å². The molecule has 18 heavy (non-hydrogen) atoms. The van der Waals surface area contributed by atoms with Gasteiger partial charge in [-0.15, -0.1) is 0 Å². The maximum absolute atomic E-state index is 10.5. The molecular formula is C12H19N3O3. The predicted octanol–water partition coefficient (Wildman–Crippen LogP) is 2.20. The molecule has 1 unspecified atom stereocenters. The van der Waals surface area contributed by atoms with Crippen LogP contribution in [0.4, 0.5) is 11.5 Å². The summed E-state index contributed by atoms with van der Waals surface area (Å²) in [6.07, 6.45) is 1.87. The molecule has 0 radical (unpaired) electrons. The second-order valence-corrected chi connectivity index (χ2v) is 5.11. The van der Waals surface area contributed by atoms with Crippen molar-refractivity contribution in [3.8, 4) is 0 Å². The number of pyridine rings is 1. The molecule has 6 nitrogen and oxygen atoms in total. The highest BCUT2D eigenvalue weighted by atomic mass is 16.6. The van der Waals surface area contributed by atoms with Crippen molar-refractivity contribution < 1.29 is 10.0 Å². The molecule has 0 amide bonds. The van der Waals surface area contributed by atoms with Crippen LogP contribution in [0, 0.1) is 16.0 Å². The van der Waals surface area contributed by atoms with E-state index in [0.717, 1.165) is 0 Å². The van der Waals surface area contributed by atoms with Crippen molar-refractivity contribution in [2.24, 2.45) is 5.92 Å². The second-order valence-electron chi connectivity index (χ2n) is 5.11. The van der Waals surface area contributed by atoms with Crippen LogP contribution < -0.4 is 5.32 Å². The van der Waals surface area contributed by atoms with E-state index in [0.29, 0.717) is 24.7 Å². The van der Waals surface area contributed by atoms with Crippen LogP contribution in [0.25, 0.3) is 0 Å². The summed E-state index contributed by atoms with van der Waals surface area (Å²) in [7, 11) is 0. The number of nitro groups is 1. The molecule has 1 atom stereocenters. The summed E-state index contributed by atoms with van der Waals surface area (Å²) in [4.78, 5) is 13.9. The van der Waals surface area contributed by atoms with Gasteiger partial charge in [-0.3, -0.25) is 10.1 Å². The number of hydrogen-bond donors (Lipinski definition) is 2. The van der Waals surface area contributed by atoms with Crippen LogP contribution in [0.3, 0.4) is 0 Å². The van der Waals surface area contributed by atoms with Gasteiger partial charge in [-0.05, 0) is 25.3 Å². The lowest BCUT2D eigenvalue weighted by atomic mass is 9.94. The fourth-order valence-corrected chi connectivity index (χ4v) is 1.83. The standard InChI is InChI=1S/C12H19N3O3/c1-9(2)6-12(3,16)8-14-11-5-4-10(7-13-11)15(17)18/h4-5,7,9,16H,6,8H2,1-3H3,(H,13,14). The van der Waals surface area contributed by atoms with Crippen LogP contribution in [0.15, 0.2) is 18.3 Å². The van der Waals surface area contributed by atoms with Crippen LogP contribution in [0.2, 0.25) is 0 Å². The fourth-order valence-electron chi connectivity index (χ4n) is 1.83. The van der Waals surface area contributed by atoms with Crippen LogP contribution >= 0.6 is 0 Å². The summed E-state index contributed by atoms with van der Waals surface area (Å²) in [6, 6.07) is 2.91. The van der Waals surface area contributed by atoms with Crippen LogP contribution in [-0.2, 0) is 0 Å². The van der Waals surface area contributed by atoms with Crippen molar-refractivity contribution in [1.82, 2.24) is 4.98 Å². The first-order valence-corrected chi connectivity index (χ1v) is 5.87. The molecule has 0 aliphatic carbocycles. The molecule has 2 N–H and O–H groups in total. The minimum atomic E-state index is -0.822. The highest BCUT2D eigenvalue weighted by Crippen LogP contribution is 2.17. The zero-order valence-electron chi connectivity index (χ0n) is 10.9. The molecule has 0 fully saturated rings. The SMILES string of the molecule is CC(C)CC(C)(O)CNc1ccc([N+](=O)[O-])cn1. The van der Waals surface area contributed by atoms with E-state index in [1.54, 1.807) is 6.92 Å². The quantitative estimate of drug-likeness (QED) is 0.599. The Labute approximate surface area is 106 Å². The first-order chi connectivity index (χ1) is 8.30. The molecule has 0 aromatic carbocycles. The maximum atomic E-state index is 10.5. The molecule has 0 aliphatic rings. The Balaban J connectivity index is 2.55. The van der Waals surface area contributed by atoms with Gasteiger partial charge in [0, 0.05) is 12.6 Å². The van der Waals surface area contributed by atoms with Gasteiger partial charge in [0.05, 0.1) is 10.5 Å². The summed E-state index contributed by atoms with van der Waals surface area (Å²) in [5.41, 5.74) is -0.869. The Kier molecular flexibility index (Phi) is 4.61. The van der Waals surface area contributed by atoms with E-state index in [1.165, 1.54) is 18.3 Å². The summed E-state index contributed by atoms with van der Waals surface area (Å²) in [6.45, 7) is 6.19. The molecule has 0 bridgehead atoms. The van der Waals surface area contributed by atoms with E-state index in [2.05, 4.69) is 10.3 Å². The molecule has 6 heteroatoms. The Hall–Kier alpha value is -1.69. The molecule has 1 rings (SSSR count). The number of aromatic nitrogens is 1. The minimum absolute atomic E-state index is 0.0468. The molecular weight excluding hydrogens is 234 g/mol. The van der Waals surface area contributed by atoms with Gasteiger partial charge >= 0.3 is 0 Å². The van der Waals surface area contributed by atoms with Gasteiger partial charge in [0.1, 0.15) is 12.0 Å². The Bertz CT molecular complexity index is 402. The molecule has 100 valence electrons. The third-order valence-corrected chi connectivity index (χ3v) is 2.46. The lowest BCUT2D eigenvalue weighted by molar-refractivity contribution is -0.385. The van der Waals surface area contributed by atoms with Crippen LogP contribution in [0.1, 0.15) is 27.2 Å². The van der Waals surface area contributed by atoms with Gasteiger partial charge in [-0.2, -0.15) is 0 Å². The lowest BCUT2D eigenvalue weighted by Gasteiger charge is -2.25. The number of aliphatic hydroxyl groups is 1. The number of nitrogens with one attached hydrogen (secondary N) is 1. The second kappa shape index (κ2) is 5.77. The largest absolute Gasteiger partial charge is 0.388 e. The lowest BCUT2D eigenvalue weighted by Crippen LogP contribution is -2.35. The minimum Gasteiger partial charge on any atom is -0.388 e. The summed E-state index contributed by atoms with van der Waals surface area (Å²) in [5.74, 6) is 0.913. The monoisotopic (exact) mass is 253 g/mol. The van der Waals surface area contributed by atoms with Crippen LogP contribution in [0.5, 0.6) is 0 Å². The summed E-state index contributed by atoms with van der Waals surface area (Å²) < 4.78 is 0. The van der Waals surface area contributed by atoms with Gasteiger partial charge < -0.3 is 10.4 Å². The van der Waals surface area contributed by atoms with E-state index in [-0.39, 0.29) is 5.69 Å². The highest BCUT2D eigenvalue weighted by molar-refractivity contribution is 5.40. The van der Waals surface area contributed by atoms with Crippen molar-refractivity contribution in [2.45, 2.75) is 32.8 Å². The summed E-state index contributed by atoms with van der Waals surface area (Å²) in [5, 5.41) is 23.5. The number of rotatable bonds is 6. The predicted molar refractivity (Wildman–Crippen MR) is 69.5 cm³/mol. The third-order valence-electron chi connectivity index (χ3n) is 2.46. The van der Waals surface area contributed by atoms with Gasteiger partial charge in [-0.25, -0.2) is 4.98 Å². The molecule has 0 saturated heterocycles. The smallest absolute Gasteiger partial charge is 0.287 e. The average Bonchev–Trinajstić information content (AvgIpc) is 2.25. The Morgan fingerprint density at radius 3 is 2.67 bits per heavy atom. The summed E-state index contributed by atoms with van der Waals surface area (Å²) >= 11 is 0. The maximum Gasteiger partial charge on any atom is 0.287 e. The zero-order chi connectivity index (χ0) is 13.8. The number of anilines is 1. The molecule has 1 aromatic rings. The van der Waals surface area contributed by atoms with Crippen molar-refractivity contribution in [3.63, 3.8) is 0 Å². The van der Waals surface area contributed by atoms with E-state index in [1.807, 2.05) is 13.8 Å². The van der Waals surface area contributed by atoms with E-state index in [9.17, 15) is 15.2 Å². The van der Waals surface area contributed by atoms with Gasteiger partial charge in [0.15, 0.2) is 0 Å². The Morgan fingerprint density at radius 2 is 2.22 bits per heavy atom. The average molecular weight is 253 g/mol. The number of hydrogen-bond acceptors (Lipinski definition) is 5. The zero-order valence-corrected chi connectivity index (χ0v) is 10.9. The molecule has 0 saturated carbocycles. The van der Waals surface area contributed by atoms with Crippen molar-refractivity contribution in [1.29, 1.82) is 0 Å². The topological polar surface area (TPSA) is 88.3 Å². The van der Waals surface area contributed by atoms with Gasteiger partial charge in [0.2, 0.25) is 0 Å². The normalized spacial score (nSPS) is 14.3. The Morgan fingerprint density at radius 1 is 1.56 bits per heavy atom. The number of nitrogens with zero attached hydrogens (tertiary/aromatic N) is 2. The van der Waals surface area contributed by atoms with Gasteiger partial charge in [0.25, 0.3) is 5.69 Å². The van der Waals surface area contributed by atoms with E-state index >= 15 is 0 Å². The third kappa shape index (κ3) is 4.67. The van der Waals surface area contributed by atoms with Crippen molar-refractivity contribution in [3.05, 3.63) is 28.4 Å². The molecule has 0 spiro atoms. The van der Waals surface area contributed by atoms with E-state index in [4.69, 9.17) is 0 Å². The molecule has 1 aromatic heterocycles. The van der Waals surface area contributed by atoms with Crippen molar-refractivity contribution in [2.75, 3.05) is 11.9 Å². The highest BCUT2D eigenvalue weighted by Gasteiger charge is 2.21. The molecule has 0 aliphatic heterocycles. The fraction of sp³-hybridized carbons (Fsp3) is 0.583. The first kappa shape index (κ1) is 14.4. The molecule has 1 heterocycles. The van der Waals surface area contributed by atoms with Crippen LogP contribution in [-0.4, -0.2) is 27.2 Å². The van der Waals surface area contributed by atoms with E-state index < -0.39 is 10.5 Å². The van der Waals surface area contributed by atoms with Gasteiger partial charge in [-0.1, -0.05) is 13.8 Å². The first-order valence-electron chi connectivity index (χ1n) is 5.87.